The van der Waals surface area contributed by atoms with Gasteiger partial charge in [-0.25, -0.2) is 5.90 Å². The lowest BCUT2D eigenvalue weighted by atomic mass is 9.90. The zero-order valence-electron chi connectivity index (χ0n) is 33.9. The molecule has 5 N–H and O–H groups in total. The summed E-state index contributed by atoms with van der Waals surface area (Å²) in [6.45, 7) is 12.1. The number of nitrogens with two attached hydrogens (primary N) is 1. The third kappa shape index (κ3) is 16.0. The van der Waals surface area contributed by atoms with Crippen LogP contribution in [0.5, 0.6) is 0 Å². The molecular formula is C36H68N6O12. The van der Waals surface area contributed by atoms with E-state index < -0.39 is 54.2 Å². The van der Waals surface area contributed by atoms with Crippen LogP contribution in [0.1, 0.15) is 60.3 Å². The van der Waals surface area contributed by atoms with Crippen LogP contribution in [-0.2, 0) is 52.5 Å². The van der Waals surface area contributed by atoms with Crippen LogP contribution in [-0.4, -0.2) is 180 Å². The van der Waals surface area contributed by atoms with E-state index in [2.05, 4.69) is 15.5 Å². The predicted octanol–water partition coefficient (Wildman–Crippen LogP) is -0.126. The summed E-state index contributed by atoms with van der Waals surface area (Å²) in [5, 5.41) is 14.1. The number of nitrogens with one attached hydrogen (secondary N) is 2. The average molecular weight is 777 g/mol. The zero-order valence-corrected chi connectivity index (χ0v) is 33.9. The van der Waals surface area contributed by atoms with Gasteiger partial charge >= 0.3 is 5.97 Å². The highest BCUT2D eigenvalue weighted by molar-refractivity contribution is 5.90. The summed E-state index contributed by atoms with van der Waals surface area (Å²) >= 11 is 0. The number of carboxylic acids is 1. The van der Waals surface area contributed by atoms with E-state index in [1.807, 2.05) is 25.8 Å². The maximum Gasteiger partial charge on any atom is 0.322 e. The van der Waals surface area contributed by atoms with Crippen LogP contribution in [0, 0.1) is 11.8 Å². The van der Waals surface area contributed by atoms with Crippen molar-refractivity contribution in [3.8, 4) is 0 Å². The maximum absolute atomic E-state index is 13.9. The highest BCUT2D eigenvalue weighted by atomic mass is 16.6. The number of rotatable bonds is 29. The van der Waals surface area contributed by atoms with Crippen LogP contribution < -0.4 is 16.5 Å². The third-order valence-corrected chi connectivity index (χ3v) is 10.3. The lowest BCUT2D eigenvalue weighted by Crippen LogP contribution is -2.57. The largest absolute Gasteiger partial charge is 0.480 e. The minimum Gasteiger partial charge on any atom is -0.480 e. The number of likely N-dealkylation sites (N-methyl/N-ethyl adjacent to an activating group) is 2. The fourth-order valence-electron chi connectivity index (χ4n) is 6.45. The molecule has 0 aliphatic carbocycles. The number of amides is 4. The lowest BCUT2D eigenvalue weighted by Gasteiger charge is -2.39. The molecule has 314 valence electrons. The van der Waals surface area contributed by atoms with Gasteiger partial charge in [0.2, 0.25) is 23.6 Å². The van der Waals surface area contributed by atoms with Crippen molar-refractivity contribution in [2.45, 2.75) is 90.1 Å². The van der Waals surface area contributed by atoms with E-state index in [0.717, 1.165) is 0 Å². The second-order valence-corrected chi connectivity index (χ2v) is 14.1. The van der Waals surface area contributed by atoms with Crippen molar-refractivity contribution in [3.05, 3.63) is 0 Å². The molecule has 1 rings (SSSR count). The van der Waals surface area contributed by atoms with Crippen molar-refractivity contribution in [3.63, 3.8) is 0 Å². The van der Waals surface area contributed by atoms with Crippen molar-refractivity contribution in [2.75, 3.05) is 101 Å². The van der Waals surface area contributed by atoms with Crippen molar-refractivity contribution in [1.82, 2.24) is 25.3 Å². The van der Waals surface area contributed by atoms with Gasteiger partial charge in [-0.2, -0.15) is 0 Å². The molecule has 18 nitrogen and oxygen atoms in total. The number of hydrogen-bond donors (Lipinski definition) is 4. The van der Waals surface area contributed by atoms with Gasteiger partial charge < -0.3 is 54.1 Å². The Labute approximate surface area is 320 Å². The van der Waals surface area contributed by atoms with E-state index in [9.17, 15) is 24.0 Å². The van der Waals surface area contributed by atoms with Gasteiger partial charge in [-0.15, -0.1) is 0 Å². The molecule has 0 bridgehead atoms. The van der Waals surface area contributed by atoms with Gasteiger partial charge in [0.15, 0.2) is 0 Å². The summed E-state index contributed by atoms with van der Waals surface area (Å²) in [6.07, 6.45) is 0.695. The summed E-state index contributed by atoms with van der Waals surface area (Å²) in [4.78, 5) is 73.9. The lowest BCUT2D eigenvalue weighted by molar-refractivity contribution is -0.146. The second-order valence-electron chi connectivity index (χ2n) is 14.1. The molecule has 0 radical (unpaired) electrons. The number of aliphatic carboxylic acids is 1. The number of likely N-dealkylation sites (tertiary alicyclic amines) is 1. The first kappa shape index (κ1) is 49.0. The Balaban J connectivity index is 2.79. The van der Waals surface area contributed by atoms with Gasteiger partial charge in [0.1, 0.15) is 6.54 Å². The molecule has 1 saturated heterocycles. The Kier molecular flexibility index (Phi) is 23.6. The summed E-state index contributed by atoms with van der Waals surface area (Å²) in [5.74, 6) is 1.69. The Hall–Kier alpha value is -2.97. The highest BCUT2D eigenvalue weighted by Crippen LogP contribution is 2.29. The number of nitrogens with zero attached hydrogens (tertiary/aromatic N) is 3. The Morgan fingerprint density at radius 1 is 0.907 bits per heavy atom. The molecular weight excluding hydrogens is 708 g/mol. The highest BCUT2D eigenvalue weighted by Gasteiger charge is 2.42. The van der Waals surface area contributed by atoms with Crippen LogP contribution in [0.3, 0.4) is 0 Å². The number of hydrogen-bond acceptors (Lipinski definition) is 13. The molecule has 4 amide bonds. The second kappa shape index (κ2) is 26.0. The number of methoxy groups -OCH3 is 2. The molecule has 54 heavy (non-hydrogen) atoms. The van der Waals surface area contributed by atoms with Crippen LogP contribution in [0.15, 0.2) is 0 Å². The van der Waals surface area contributed by atoms with Crippen molar-refractivity contribution in [2.24, 2.45) is 17.7 Å². The van der Waals surface area contributed by atoms with Gasteiger partial charge in [0.05, 0.1) is 95.0 Å². The summed E-state index contributed by atoms with van der Waals surface area (Å²) < 4.78 is 28.0. The molecule has 6 unspecified atom stereocenters. The monoisotopic (exact) mass is 776 g/mol. The topological polar surface area (TPSA) is 221 Å². The van der Waals surface area contributed by atoms with E-state index in [1.54, 1.807) is 37.6 Å². The first-order valence-electron chi connectivity index (χ1n) is 18.7. The van der Waals surface area contributed by atoms with Crippen molar-refractivity contribution in [1.29, 1.82) is 0 Å². The first-order chi connectivity index (χ1) is 25.6. The third-order valence-electron chi connectivity index (χ3n) is 10.3. The van der Waals surface area contributed by atoms with Gasteiger partial charge in [0.25, 0.3) is 0 Å². The van der Waals surface area contributed by atoms with Gasteiger partial charge in [-0.05, 0) is 39.7 Å². The molecule has 0 aromatic heterocycles. The standard InChI is InChI=1S/C36H68N6O12/c1-10-25(2)32(28(49-8)22-29(43)42-13-11-12-27(42)33(50-9)26(3)34(47)38-24-31(45)46)41(7)30(44)23-39-35(48)36(4,5)40(6)14-15-51-16-17-52-18-19-53-20-21-54-37/h25-28,32-33H,10-24,37H2,1-9H3,(H,38,47)(H,39,48)(H,45,46). The van der Waals surface area contributed by atoms with E-state index in [-0.39, 0.29) is 36.6 Å². The number of carbonyl (C=O) groups excluding carboxylic acids is 4. The Morgan fingerprint density at radius 2 is 1.50 bits per heavy atom. The van der Waals surface area contributed by atoms with Gasteiger partial charge in [0, 0.05) is 34.4 Å². The van der Waals surface area contributed by atoms with Gasteiger partial charge in [-0.1, -0.05) is 27.2 Å². The summed E-state index contributed by atoms with van der Waals surface area (Å²) in [5.41, 5.74) is -0.943. The van der Waals surface area contributed by atoms with Crippen LogP contribution in [0.2, 0.25) is 0 Å². The zero-order chi connectivity index (χ0) is 40.8. The van der Waals surface area contributed by atoms with E-state index in [4.69, 9.17) is 34.7 Å². The summed E-state index contributed by atoms with van der Waals surface area (Å²) in [7, 11) is 6.44. The normalized spacial score (nSPS) is 17.5. The molecule has 1 fully saturated rings. The summed E-state index contributed by atoms with van der Waals surface area (Å²) in [6, 6.07) is -0.883. The molecule has 0 spiro atoms. The molecule has 1 heterocycles. The molecule has 18 heteroatoms. The van der Waals surface area contributed by atoms with Crippen molar-refractivity contribution >= 4 is 29.6 Å². The fourth-order valence-corrected chi connectivity index (χ4v) is 6.45. The molecule has 1 aliphatic rings. The van der Waals surface area contributed by atoms with Crippen molar-refractivity contribution < 1.29 is 57.6 Å². The Bertz CT molecular complexity index is 1150. The number of ether oxygens (including phenoxy) is 5. The average Bonchev–Trinajstić information content (AvgIpc) is 3.63. The van der Waals surface area contributed by atoms with E-state index in [0.29, 0.717) is 78.6 Å². The van der Waals surface area contributed by atoms with Gasteiger partial charge in [-0.3, -0.25) is 28.9 Å². The molecule has 6 atom stereocenters. The quantitative estimate of drug-likeness (QED) is 0.0575. The van der Waals surface area contributed by atoms with Crippen LogP contribution in [0.4, 0.5) is 0 Å². The van der Waals surface area contributed by atoms with E-state index >= 15 is 0 Å². The van der Waals surface area contributed by atoms with E-state index in [1.165, 1.54) is 14.2 Å². The number of carbonyl (C=O) groups is 5. The van der Waals surface area contributed by atoms with Crippen LogP contribution in [0.25, 0.3) is 0 Å². The molecule has 1 aliphatic heterocycles. The minimum absolute atomic E-state index is 0.0203. The smallest absolute Gasteiger partial charge is 0.322 e. The van der Waals surface area contributed by atoms with Crippen LogP contribution >= 0.6 is 0 Å². The SMILES string of the molecule is CCC(C)C(C(CC(=O)N1CCCC1C(OC)C(C)C(=O)NCC(=O)O)OC)N(C)C(=O)CNC(=O)C(C)(C)N(C)CCOCCOCCOCCON. The minimum atomic E-state index is -1.16. The molecule has 0 aromatic rings. The molecule has 0 aromatic carbocycles. The predicted molar refractivity (Wildman–Crippen MR) is 199 cm³/mol. The fraction of sp³-hybridized carbons (Fsp3) is 0.861. The number of carboxylic acid groups (broad SMARTS) is 1. The maximum atomic E-state index is 13.9. The molecule has 0 saturated carbocycles. The Morgan fingerprint density at radius 3 is 2.04 bits per heavy atom. The first-order valence-corrected chi connectivity index (χ1v) is 18.7.